The number of benzene rings is 2. The summed E-state index contributed by atoms with van der Waals surface area (Å²) in [6.07, 6.45) is 0. The van der Waals surface area contributed by atoms with Crippen LogP contribution in [0.15, 0.2) is 42.5 Å². The third kappa shape index (κ3) is 3.88. The van der Waals surface area contributed by atoms with Crippen molar-refractivity contribution in [1.29, 1.82) is 0 Å². The SMILES string of the molecule is CCOc1ccc(C(=O)Nc2ccc(C(C)C)cc2)cc1C. The summed E-state index contributed by atoms with van der Waals surface area (Å²) in [4.78, 5) is 12.3. The van der Waals surface area contributed by atoms with Gasteiger partial charge in [0.2, 0.25) is 0 Å². The van der Waals surface area contributed by atoms with Crippen LogP contribution in [0.3, 0.4) is 0 Å². The average molecular weight is 297 g/mol. The minimum absolute atomic E-state index is 0.108. The van der Waals surface area contributed by atoms with Crippen LogP contribution in [0, 0.1) is 6.92 Å². The monoisotopic (exact) mass is 297 g/mol. The summed E-state index contributed by atoms with van der Waals surface area (Å²) in [5.41, 5.74) is 3.66. The first-order valence-corrected chi connectivity index (χ1v) is 7.66. The average Bonchev–Trinajstić information content (AvgIpc) is 2.50. The molecule has 116 valence electrons. The Balaban J connectivity index is 2.10. The molecule has 0 saturated heterocycles. The van der Waals surface area contributed by atoms with Gasteiger partial charge in [0.1, 0.15) is 5.75 Å². The predicted molar refractivity (Wildman–Crippen MR) is 90.8 cm³/mol. The molecule has 0 atom stereocenters. The minimum Gasteiger partial charge on any atom is -0.494 e. The summed E-state index contributed by atoms with van der Waals surface area (Å²) in [7, 11) is 0. The summed E-state index contributed by atoms with van der Waals surface area (Å²) in [5, 5.41) is 2.92. The summed E-state index contributed by atoms with van der Waals surface area (Å²) in [5.74, 6) is 1.20. The van der Waals surface area contributed by atoms with Gasteiger partial charge in [-0.25, -0.2) is 0 Å². The lowest BCUT2D eigenvalue weighted by Gasteiger charge is -2.10. The first-order valence-electron chi connectivity index (χ1n) is 7.66. The van der Waals surface area contributed by atoms with Crippen LogP contribution in [0.5, 0.6) is 5.75 Å². The van der Waals surface area contributed by atoms with Gasteiger partial charge in [0.05, 0.1) is 6.61 Å². The van der Waals surface area contributed by atoms with Gasteiger partial charge in [-0.15, -0.1) is 0 Å². The van der Waals surface area contributed by atoms with Gasteiger partial charge >= 0.3 is 0 Å². The molecule has 2 aromatic carbocycles. The second kappa shape index (κ2) is 7.12. The van der Waals surface area contributed by atoms with Crippen LogP contribution < -0.4 is 10.1 Å². The van der Waals surface area contributed by atoms with Gasteiger partial charge in [-0.2, -0.15) is 0 Å². The number of amides is 1. The molecule has 0 saturated carbocycles. The lowest BCUT2D eigenvalue weighted by Crippen LogP contribution is -2.12. The maximum Gasteiger partial charge on any atom is 0.255 e. The zero-order chi connectivity index (χ0) is 16.1. The van der Waals surface area contributed by atoms with Crippen LogP contribution in [-0.2, 0) is 0 Å². The number of carbonyl (C=O) groups is 1. The molecule has 0 aliphatic heterocycles. The number of ether oxygens (including phenoxy) is 1. The lowest BCUT2D eigenvalue weighted by atomic mass is 10.0. The smallest absolute Gasteiger partial charge is 0.255 e. The fraction of sp³-hybridized carbons (Fsp3) is 0.316. The van der Waals surface area contributed by atoms with Gasteiger partial charge in [0, 0.05) is 11.3 Å². The molecule has 0 radical (unpaired) electrons. The van der Waals surface area contributed by atoms with Gasteiger partial charge in [0.25, 0.3) is 5.91 Å². The highest BCUT2D eigenvalue weighted by Crippen LogP contribution is 2.21. The molecule has 0 aromatic heterocycles. The van der Waals surface area contributed by atoms with Gasteiger partial charge in [-0.1, -0.05) is 26.0 Å². The van der Waals surface area contributed by atoms with Crippen molar-refractivity contribution in [2.75, 3.05) is 11.9 Å². The Hall–Kier alpha value is -2.29. The van der Waals surface area contributed by atoms with Crippen LogP contribution in [0.25, 0.3) is 0 Å². The normalized spacial score (nSPS) is 10.6. The van der Waals surface area contributed by atoms with E-state index < -0.39 is 0 Å². The van der Waals surface area contributed by atoms with E-state index in [-0.39, 0.29) is 5.91 Å². The summed E-state index contributed by atoms with van der Waals surface area (Å²) in [6, 6.07) is 13.4. The van der Waals surface area contributed by atoms with Gasteiger partial charge in [-0.05, 0) is 61.2 Å². The maximum atomic E-state index is 12.3. The zero-order valence-electron chi connectivity index (χ0n) is 13.6. The van der Waals surface area contributed by atoms with Crippen molar-refractivity contribution in [2.45, 2.75) is 33.6 Å². The third-order valence-corrected chi connectivity index (χ3v) is 3.57. The molecule has 0 unspecified atom stereocenters. The molecule has 3 nitrogen and oxygen atoms in total. The van der Waals surface area contributed by atoms with Crippen molar-refractivity contribution >= 4 is 11.6 Å². The first-order chi connectivity index (χ1) is 10.5. The number of anilines is 1. The highest BCUT2D eigenvalue weighted by molar-refractivity contribution is 6.04. The standard InChI is InChI=1S/C19H23NO2/c1-5-22-18-11-8-16(12-14(18)4)19(21)20-17-9-6-15(7-10-17)13(2)3/h6-13H,5H2,1-4H3,(H,20,21). The van der Waals surface area contributed by atoms with Crippen molar-refractivity contribution in [2.24, 2.45) is 0 Å². The number of hydrogen-bond acceptors (Lipinski definition) is 2. The molecule has 1 N–H and O–H groups in total. The third-order valence-electron chi connectivity index (χ3n) is 3.57. The van der Waals surface area contributed by atoms with E-state index in [1.54, 1.807) is 6.07 Å². The Labute approximate surface area is 132 Å². The summed E-state index contributed by atoms with van der Waals surface area (Å²) < 4.78 is 5.49. The molecule has 0 fully saturated rings. The van der Waals surface area contributed by atoms with E-state index in [4.69, 9.17) is 4.74 Å². The van der Waals surface area contributed by atoms with Crippen molar-refractivity contribution in [3.8, 4) is 5.75 Å². The first kappa shape index (κ1) is 16.1. The molecule has 0 aliphatic rings. The molecule has 0 heterocycles. The number of rotatable bonds is 5. The van der Waals surface area contributed by atoms with E-state index in [2.05, 4.69) is 19.2 Å². The zero-order valence-corrected chi connectivity index (χ0v) is 13.6. The topological polar surface area (TPSA) is 38.3 Å². The van der Waals surface area contributed by atoms with Crippen LogP contribution in [0.1, 0.15) is 48.2 Å². The number of aryl methyl sites for hydroxylation is 1. The van der Waals surface area contributed by atoms with E-state index in [0.717, 1.165) is 17.0 Å². The molecule has 2 aromatic rings. The molecular formula is C19H23NO2. The Bertz CT molecular complexity index is 645. The molecule has 2 rings (SSSR count). The second-order valence-electron chi connectivity index (χ2n) is 5.64. The van der Waals surface area contributed by atoms with E-state index in [1.807, 2.05) is 50.2 Å². The lowest BCUT2D eigenvalue weighted by molar-refractivity contribution is 0.102. The van der Waals surface area contributed by atoms with Crippen LogP contribution in [-0.4, -0.2) is 12.5 Å². The van der Waals surface area contributed by atoms with E-state index in [1.165, 1.54) is 5.56 Å². The Morgan fingerprint density at radius 2 is 1.82 bits per heavy atom. The van der Waals surface area contributed by atoms with Gasteiger partial charge in [0.15, 0.2) is 0 Å². The van der Waals surface area contributed by atoms with Crippen LogP contribution >= 0.6 is 0 Å². The van der Waals surface area contributed by atoms with E-state index in [0.29, 0.717) is 18.1 Å². The van der Waals surface area contributed by atoms with E-state index >= 15 is 0 Å². The number of hydrogen-bond donors (Lipinski definition) is 1. The Kier molecular flexibility index (Phi) is 5.21. The molecule has 0 bridgehead atoms. The highest BCUT2D eigenvalue weighted by atomic mass is 16.5. The largest absolute Gasteiger partial charge is 0.494 e. The summed E-state index contributed by atoms with van der Waals surface area (Å²) in [6.45, 7) is 8.81. The van der Waals surface area contributed by atoms with Crippen LogP contribution in [0.2, 0.25) is 0 Å². The van der Waals surface area contributed by atoms with E-state index in [9.17, 15) is 4.79 Å². The molecule has 1 amide bonds. The fourth-order valence-electron chi connectivity index (χ4n) is 2.26. The van der Waals surface area contributed by atoms with Gasteiger partial charge < -0.3 is 10.1 Å². The quantitative estimate of drug-likeness (QED) is 0.863. The van der Waals surface area contributed by atoms with Crippen molar-refractivity contribution in [3.63, 3.8) is 0 Å². The second-order valence-corrected chi connectivity index (χ2v) is 5.64. The molecule has 3 heteroatoms. The molecule has 0 aliphatic carbocycles. The summed E-state index contributed by atoms with van der Waals surface area (Å²) >= 11 is 0. The van der Waals surface area contributed by atoms with Crippen molar-refractivity contribution in [1.82, 2.24) is 0 Å². The Morgan fingerprint density at radius 1 is 1.14 bits per heavy atom. The number of nitrogens with one attached hydrogen (secondary N) is 1. The number of carbonyl (C=O) groups excluding carboxylic acids is 1. The molecule has 22 heavy (non-hydrogen) atoms. The molecule has 0 spiro atoms. The minimum atomic E-state index is -0.108. The molecular weight excluding hydrogens is 274 g/mol. The predicted octanol–water partition coefficient (Wildman–Crippen LogP) is 4.77. The fourth-order valence-corrected chi connectivity index (χ4v) is 2.26. The highest BCUT2D eigenvalue weighted by Gasteiger charge is 2.09. The van der Waals surface area contributed by atoms with Crippen molar-refractivity contribution in [3.05, 3.63) is 59.2 Å². The Morgan fingerprint density at radius 3 is 2.36 bits per heavy atom. The van der Waals surface area contributed by atoms with Crippen molar-refractivity contribution < 1.29 is 9.53 Å². The van der Waals surface area contributed by atoms with Gasteiger partial charge in [-0.3, -0.25) is 4.79 Å². The maximum absolute atomic E-state index is 12.3. The van der Waals surface area contributed by atoms with Crippen LogP contribution in [0.4, 0.5) is 5.69 Å².